The van der Waals surface area contributed by atoms with Gasteiger partial charge in [0.05, 0.1) is 12.2 Å². The second kappa shape index (κ2) is 6.82. The molecule has 1 aliphatic carbocycles. The second-order valence-electron chi connectivity index (χ2n) is 10.3. The van der Waals surface area contributed by atoms with E-state index < -0.39 is 16.6 Å². The molecule has 1 fully saturated rings. The Kier molecular flexibility index (Phi) is 6.20. The van der Waals surface area contributed by atoms with Gasteiger partial charge in [-0.2, -0.15) is 0 Å². The normalized spacial score (nSPS) is 24.4. The fourth-order valence-corrected chi connectivity index (χ4v) is 4.99. The van der Waals surface area contributed by atoms with Crippen LogP contribution in [0.15, 0.2) is 12.2 Å². The van der Waals surface area contributed by atoms with Crippen molar-refractivity contribution in [3.8, 4) is 0 Å². The van der Waals surface area contributed by atoms with E-state index in [2.05, 4.69) is 74.3 Å². The molecule has 1 aliphatic rings. The summed E-state index contributed by atoms with van der Waals surface area (Å²) in [6.45, 7) is 26.3. The molecule has 1 saturated carbocycles. The van der Waals surface area contributed by atoms with Crippen molar-refractivity contribution < 1.29 is 13.6 Å². The number of carbonyl (C=O) groups is 1. The SMILES string of the molecule is C=C1C(=O)CC(O[Si](C)(C)C(C)(C)C)CC1O[Si](C)(C)C(C)(C)C. The molecule has 0 saturated heterocycles. The van der Waals surface area contributed by atoms with Crippen molar-refractivity contribution in [2.45, 2.75) is 103 Å². The Morgan fingerprint density at radius 3 is 1.75 bits per heavy atom. The summed E-state index contributed by atoms with van der Waals surface area (Å²) in [5.74, 6) is 0.105. The third-order valence-electron chi connectivity index (χ3n) is 6.15. The summed E-state index contributed by atoms with van der Waals surface area (Å²) in [5, 5.41) is 0.254. The molecule has 5 heteroatoms. The van der Waals surface area contributed by atoms with Crippen LogP contribution >= 0.6 is 0 Å². The summed E-state index contributed by atoms with van der Waals surface area (Å²) in [7, 11) is -3.84. The highest BCUT2D eigenvalue weighted by atomic mass is 28.4. The second-order valence-corrected chi connectivity index (χ2v) is 19.8. The van der Waals surface area contributed by atoms with E-state index in [1.807, 2.05) is 0 Å². The number of hydrogen-bond acceptors (Lipinski definition) is 3. The van der Waals surface area contributed by atoms with E-state index >= 15 is 0 Å². The van der Waals surface area contributed by atoms with Gasteiger partial charge in [0.25, 0.3) is 0 Å². The maximum Gasteiger partial charge on any atom is 0.192 e. The Hall–Kier alpha value is -0.236. The number of carbonyl (C=O) groups excluding carboxylic acids is 1. The summed E-state index contributed by atoms with van der Waals surface area (Å²) in [5.41, 5.74) is 0.634. The zero-order chi connectivity index (χ0) is 19.1. The smallest absolute Gasteiger partial charge is 0.192 e. The Morgan fingerprint density at radius 2 is 1.33 bits per heavy atom. The van der Waals surface area contributed by atoms with E-state index in [-0.39, 0.29) is 28.1 Å². The third kappa shape index (κ3) is 4.90. The summed E-state index contributed by atoms with van der Waals surface area (Å²) in [4.78, 5) is 12.5. The average molecular weight is 371 g/mol. The van der Waals surface area contributed by atoms with Crippen molar-refractivity contribution >= 4 is 22.4 Å². The highest BCUT2D eigenvalue weighted by Gasteiger charge is 2.45. The van der Waals surface area contributed by atoms with Gasteiger partial charge in [-0.25, -0.2) is 0 Å². The van der Waals surface area contributed by atoms with E-state index in [1.165, 1.54) is 0 Å². The number of hydrogen-bond donors (Lipinski definition) is 0. The first kappa shape index (κ1) is 21.8. The molecule has 0 aromatic rings. The predicted octanol–water partition coefficient (Wildman–Crippen LogP) is 5.69. The van der Waals surface area contributed by atoms with Gasteiger partial charge in [0.2, 0.25) is 0 Å². The molecule has 140 valence electrons. The molecular weight excluding hydrogens is 332 g/mol. The van der Waals surface area contributed by atoms with Crippen molar-refractivity contribution in [1.82, 2.24) is 0 Å². The van der Waals surface area contributed by atoms with Crippen molar-refractivity contribution in [1.29, 1.82) is 0 Å². The van der Waals surface area contributed by atoms with Crippen molar-refractivity contribution in [3.05, 3.63) is 12.2 Å². The summed E-state index contributed by atoms with van der Waals surface area (Å²) < 4.78 is 13.0. The fraction of sp³-hybridized carbons (Fsp3) is 0.842. The highest BCUT2D eigenvalue weighted by Crippen LogP contribution is 2.42. The van der Waals surface area contributed by atoms with Crippen LogP contribution < -0.4 is 0 Å². The summed E-state index contributed by atoms with van der Waals surface area (Å²) in [6, 6.07) is 0. The quantitative estimate of drug-likeness (QED) is 0.471. The number of ketones is 1. The molecular formula is C19H38O3Si2. The fourth-order valence-electron chi connectivity index (χ4n) is 2.32. The summed E-state index contributed by atoms with van der Waals surface area (Å²) in [6.07, 6.45) is 0.965. The standard InChI is InChI=1S/C19H38O3Si2/c1-14-16(20)12-15(21-23(8,9)18(2,3)4)13-17(14)22-24(10,11)19(5,6)7/h15,17H,1,12-13H2,2-11H3. The van der Waals surface area contributed by atoms with Gasteiger partial charge in [0.1, 0.15) is 0 Å². The molecule has 0 radical (unpaired) electrons. The summed E-state index contributed by atoms with van der Waals surface area (Å²) >= 11 is 0. The zero-order valence-electron chi connectivity index (χ0n) is 17.5. The lowest BCUT2D eigenvalue weighted by molar-refractivity contribution is -0.120. The van der Waals surface area contributed by atoms with Crippen LogP contribution in [0.5, 0.6) is 0 Å². The lowest BCUT2D eigenvalue weighted by atomic mass is 9.90. The molecule has 0 aromatic carbocycles. The minimum atomic E-state index is -1.95. The first-order valence-corrected chi connectivity index (χ1v) is 14.9. The van der Waals surface area contributed by atoms with Crippen LogP contribution in [0.4, 0.5) is 0 Å². The lowest BCUT2D eigenvalue weighted by Gasteiger charge is -2.44. The minimum Gasteiger partial charge on any atom is -0.413 e. The molecule has 1 rings (SSSR count). The van der Waals surface area contributed by atoms with Gasteiger partial charge in [-0.15, -0.1) is 0 Å². The molecule has 2 atom stereocenters. The maximum atomic E-state index is 12.5. The number of rotatable bonds is 4. The van der Waals surface area contributed by atoms with E-state index in [0.717, 1.165) is 6.42 Å². The van der Waals surface area contributed by atoms with Crippen LogP contribution in [0.2, 0.25) is 36.3 Å². The van der Waals surface area contributed by atoms with Gasteiger partial charge >= 0.3 is 0 Å². The molecule has 24 heavy (non-hydrogen) atoms. The Bertz CT molecular complexity index is 496. The van der Waals surface area contributed by atoms with Gasteiger partial charge < -0.3 is 8.85 Å². The molecule has 0 aromatic heterocycles. The largest absolute Gasteiger partial charge is 0.413 e. The zero-order valence-corrected chi connectivity index (χ0v) is 19.5. The lowest BCUT2D eigenvalue weighted by Crippen LogP contribution is -2.50. The topological polar surface area (TPSA) is 35.5 Å². The Morgan fingerprint density at radius 1 is 0.917 bits per heavy atom. The molecule has 2 unspecified atom stereocenters. The monoisotopic (exact) mass is 370 g/mol. The first-order chi connectivity index (χ1) is 10.5. The molecule has 0 bridgehead atoms. The van der Waals surface area contributed by atoms with Crippen LogP contribution in [-0.2, 0) is 13.6 Å². The van der Waals surface area contributed by atoms with Gasteiger partial charge in [0, 0.05) is 18.4 Å². The van der Waals surface area contributed by atoms with Gasteiger partial charge in [-0.05, 0) is 36.3 Å². The van der Waals surface area contributed by atoms with E-state index in [4.69, 9.17) is 8.85 Å². The Balaban J connectivity index is 2.93. The van der Waals surface area contributed by atoms with Crippen molar-refractivity contribution in [3.63, 3.8) is 0 Å². The number of Topliss-reactive ketones (excluding diaryl/α,β-unsaturated/α-hetero) is 1. The highest BCUT2D eigenvalue weighted by molar-refractivity contribution is 6.74. The van der Waals surface area contributed by atoms with Crippen LogP contribution in [0, 0.1) is 0 Å². The van der Waals surface area contributed by atoms with Gasteiger partial charge in [-0.1, -0.05) is 48.1 Å². The molecule has 0 heterocycles. The van der Waals surface area contributed by atoms with Crippen LogP contribution in [0.3, 0.4) is 0 Å². The third-order valence-corrected chi connectivity index (χ3v) is 15.2. The maximum absolute atomic E-state index is 12.5. The van der Waals surface area contributed by atoms with Gasteiger partial charge in [-0.3, -0.25) is 4.79 Å². The van der Waals surface area contributed by atoms with E-state index in [1.54, 1.807) is 0 Å². The molecule has 0 N–H and O–H groups in total. The predicted molar refractivity (Wildman–Crippen MR) is 108 cm³/mol. The van der Waals surface area contributed by atoms with Gasteiger partial charge in [0.15, 0.2) is 22.4 Å². The van der Waals surface area contributed by atoms with Crippen LogP contribution in [-0.4, -0.2) is 34.6 Å². The van der Waals surface area contributed by atoms with E-state index in [9.17, 15) is 4.79 Å². The molecule has 0 amide bonds. The Labute approximate surface area is 151 Å². The molecule has 0 aliphatic heterocycles. The van der Waals surface area contributed by atoms with Crippen LogP contribution in [0.1, 0.15) is 54.4 Å². The first-order valence-electron chi connectivity index (χ1n) is 9.05. The average Bonchev–Trinajstić information content (AvgIpc) is 2.31. The van der Waals surface area contributed by atoms with Crippen molar-refractivity contribution in [2.24, 2.45) is 0 Å². The minimum absolute atomic E-state index is 0.0429. The van der Waals surface area contributed by atoms with E-state index in [0.29, 0.717) is 12.0 Å². The molecule has 0 spiro atoms. The molecule has 3 nitrogen and oxygen atoms in total. The van der Waals surface area contributed by atoms with Crippen molar-refractivity contribution in [2.75, 3.05) is 0 Å². The van der Waals surface area contributed by atoms with Crippen LogP contribution in [0.25, 0.3) is 0 Å².